The Morgan fingerprint density at radius 3 is 2.67 bits per heavy atom. The third-order valence-electron chi connectivity index (χ3n) is 4.05. The molecule has 0 aliphatic heterocycles. The van der Waals surface area contributed by atoms with Gasteiger partial charge in [-0.3, -0.25) is 0 Å². The lowest BCUT2D eigenvalue weighted by molar-refractivity contribution is 0.497. The Kier molecular flexibility index (Phi) is 4.16. The molecule has 0 radical (unpaired) electrons. The molecule has 0 aliphatic carbocycles. The molecule has 0 saturated heterocycles. The molecule has 3 aromatic rings. The monoisotopic (exact) mass is 327 g/mol. The molecule has 0 saturated carbocycles. The zero-order valence-electron chi connectivity index (χ0n) is 13.5. The molecule has 0 amide bonds. The highest BCUT2D eigenvalue weighted by molar-refractivity contribution is 5.47. The highest BCUT2D eigenvalue weighted by Gasteiger charge is 2.18. The molecule has 7 heteroatoms. The first-order chi connectivity index (χ1) is 11.5. The standard InChI is InChI=1S/C17H18FN5O/c1-11-9-13(7-8-16(11)19)10-22-17(24)23(21-20-22)12(2)14-5-3-4-6-15(14)18/h3-9,12H,10,19H2,1-2H3. The van der Waals surface area contributed by atoms with E-state index in [9.17, 15) is 9.18 Å². The summed E-state index contributed by atoms with van der Waals surface area (Å²) in [6.45, 7) is 3.90. The van der Waals surface area contributed by atoms with Crippen LogP contribution in [-0.4, -0.2) is 19.8 Å². The predicted molar refractivity (Wildman–Crippen MR) is 89.2 cm³/mol. The number of aryl methyl sites for hydroxylation is 1. The Balaban J connectivity index is 1.90. The number of aromatic nitrogens is 4. The van der Waals surface area contributed by atoms with Crippen molar-refractivity contribution in [3.63, 3.8) is 0 Å². The van der Waals surface area contributed by atoms with Crippen LogP contribution in [0, 0.1) is 12.7 Å². The molecular formula is C17H18FN5O. The van der Waals surface area contributed by atoms with Gasteiger partial charge in [0.25, 0.3) is 0 Å². The summed E-state index contributed by atoms with van der Waals surface area (Å²) in [4.78, 5) is 12.5. The van der Waals surface area contributed by atoms with Gasteiger partial charge in [-0.2, -0.15) is 9.36 Å². The van der Waals surface area contributed by atoms with Crippen LogP contribution in [0.2, 0.25) is 0 Å². The van der Waals surface area contributed by atoms with E-state index >= 15 is 0 Å². The third-order valence-corrected chi connectivity index (χ3v) is 4.05. The van der Waals surface area contributed by atoms with E-state index in [2.05, 4.69) is 10.4 Å². The molecule has 1 atom stereocenters. The summed E-state index contributed by atoms with van der Waals surface area (Å²) in [5, 5.41) is 7.80. The number of rotatable bonds is 4. The normalized spacial score (nSPS) is 12.3. The van der Waals surface area contributed by atoms with E-state index in [0.717, 1.165) is 11.1 Å². The van der Waals surface area contributed by atoms with E-state index in [1.807, 2.05) is 19.1 Å². The van der Waals surface area contributed by atoms with Gasteiger partial charge in [0, 0.05) is 11.3 Å². The number of anilines is 1. The maximum absolute atomic E-state index is 13.9. The van der Waals surface area contributed by atoms with Crippen LogP contribution in [0.5, 0.6) is 0 Å². The Morgan fingerprint density at radius 2 is 1.96 bits per heavy atom. The highest BCUT2D eigenvalue weighted by atomic mass is 19.1. The zero-order valence-corrected chi connectivity index (χ0v) is 13.5. The Bertz CT molecular complexity index is 931. The smallest absolute Gasteiger partial charge is 0.364 e. The van der Waals surface area contributed by atoms with E-state index < -0.39 is 6.04 Å². The fourth-order valence-electron chi connectivity index (χ4n) is 2.58. The van der Waals surface area contributed by atoms with Gasteiger partial charge in [0.1, 0.15) is 5.82 Å². The summed E-state index contributed by atoms with van der Waals surface area (Å²) < 4.78 is 16.3. The zero-order chi connectivity index (χ0) is 17.3. The van der Waals surface area contributed by atoms with Gasteiger partial charge in [-0.15, -0.1) is 0 Å². The molecule has 0 fully saturated rings. The first kappa shape index (κ1) is 15.9. The van der Waals surface area contributed by atoms with Crippen LogP contribution in [0.3, 0.4) is 0 Å². The van der Waals surface area contributed by atoms with Gasteiger partial charge in [-0.25, -0.2) is 9.18 Å². The molecule has 1 heterocycles. The summed E-state index contributed by atoms with van der Waals surface area (Å²) in [5.74, 6) is -0.374. The lowest BCUT2D eigenvalue weighted by Crippen LogP contribution is -2.28. The molecule has 2 N–H and O–H groups in total. The van der Waals surface area contributed by atoms with E-state index in [1.54, 1.807) is 31.2 Å². The molecule has 24 heavy (non-hydrogen) atoms. The van der Waals surface area contributed by atoms with E-state index in [0.29, 0.717) is 11.3 Å². The van der Waals surface area contributed by atoms with Crippen molar-refractivity contribution in [1.82, 2.24) is 19.8 Å². The summed E-state index contributed by atoms with van der Waals surface area (Å²) in [5.41, 5.74) is 8.34. The highest BCUT2D eigenvalue weighted by Crippen LogP contribution is 2.18. The second-order valence-electron chi connectivity index (χ2n) is 5.75. The van der Waals surface area contributed by atoms with E-state index in [4.69, 9.17) is 5.73 Å². The van der Waals surface area contributed by atoms with Gasteiger partial charge in [-0.05, 0) is 47.5 Å². The molecule has 124 valence electrons. The van der Waals surface area contributed by atoms with Gasteiger partial charge in [0.2, 0.25) is 0 Å². The summed E-state index contributed by atoms with van der Waals surface area (Å²) >= 11 is 0. The molecule has 3 rings (SSSR count). The quantitative estimate of drug-likeness (QED) is 0.745. The van der Waals surface area contributed by atoms with Crippen molar-refractivity contribution in [3.8, 4) is 0 Å². The lowest BCUT2D eigenvalue weighted by Gasteiger charge is -2.11. The minimum Gasteiger partial charge on any atom is -0.399 e. The van der Waals surface area contributed by atoms with Crippen molar-refractivity contribution < 1.29 is 4.39 Å². The molecular weight excluding hydrogens is 309 g/mol. The molecule has 1 unspecified atom stereocenters. The Morgan fingerprint density at radius 1 is 1.21 bits per heavy atom. The number of hydrogen-bond acceptors (Lipinski definition) is 4. The van der Waals surface area contributed by atoms with Gasteiger partial charge < -0.3 is 5.73 Å². The molecule has 1 aromatic heterocycles. The maximum atomic E-state index is 13.9. The van der Waals surface area contributed by atoms with Crippen LogP contribution < -0.4 is 11.4 Å². The van der Waals surface area contributed by atoms with Crippen molar-refractivity contribution in [3.05, 3.63) is 75.5 Å². The number of nitrogen functional groups attached to an aromatic ring is 1. The van der Waals surface area contributed by atoms with Gasteiger partial charge in [0.15, 0.2) is 0 Å². The van der Waals surface area contributed by atoms with Gasteiger partial charge in [-0.1, -0.05) is 30.3 Å². The van der Waals surface area contributed by atoms with Crippen molar-refractivity contribution in [2.75, 3.05) is 5.73 Å². The molecule has 0 spiro atoms. The molecule has 2 aromatic carbocycles. The van der Waals surface area contributed by atoms with Crippen molar-refractivity contribution in [1.29, 1.82) is 0 Å². The first-order valence-corrected chi connectivity index (χ1v) is 7.59. The largest absolute Gasteiger partial charge is 0.399 e. The number of halogens is 1. The second-order valence-corrected chi connectivity index (χ2v) is 5.75. The third kappa shape index (κ3) is 2.92. The average Bonchev–Trinajstić information content (AvgIpc) is 2.92. The number of hydrogen-bond donors (Lipinski definition) is 1. The topological polar surface area (TPSA) is 78.7 Å². The molecule has 0 aliphatic rings. The van der Waals surface area contributed by atoms with Crippen molar-refractivity contribution in [2.45, 2.75) is 26.4 Å². The van der Waals surface area contributed by atoms with Crippen LogP contribution >= 0.6 is 0 Å². The minimum absolute atomic E-state index is 0.282. The maximum Gasteiger partial charge on any atom is 0.364 e. The number of benzene rings is 2. The lowest BCUT2D eigenvalue weighted by atomic mass is 10.1. The van der Waals surface area contributed by atoms with Crippen LogP contribution in [0.1, 0.15) is 29.7 Å². The van der Waals surface area contributed by atoms with Crippen molar-refractivity contribution in [2.24, 2.45) is 0 Å². The summed E-state index contributed by atoms with van der Waals surface area (Å²) in [7, 11) is 0. The van der Waals surface area contributed by atoms with Gasteiger partial charge >= 0.3 is 5.69 Å². The predicted octanol–water partition coefficient (Wildman–Crippen LogP) is 2.13. The first-order valence-electron chi connectivity index (χ1n) is 7.59. The number of tetrazole rings is 1. The second kappa shape index (κ2) is 6.27. The fourth-order valence-corrected chi connectivity index (χ4v) is 2.58. The Labute approximate surface area is 138 Å². The Hall–Kier alpha value is -2.96. The molecule has 6 nitrogen and oxygen atoms in total. The SMILES string of the molecule is Cc1cc(Cn2nnn(C(C)c3ccccc3F)c2=O)ccc1N. The summed E-state index contributed by atoms with van der Waals surface area (Å²) in [6.07, 6.45) is 0. The van der Waals surface area contributed by atoms with Crippen LogP contribution in [0.15, 0.2) is 47.3 Å². The van der Waals surface area contributed by atoms with E-state index in [1.165, 1.54) is 15.4 Å². The summed E-state index contributed by atoms with van der Waals surface area (Å²) in [6, 6.07) is 11.3. The van der Waals surface area contributed by atoms with Crippen LogP contribution in [-0.2, 0) is 6.54 Å². The number of nitrogens with zero attached hydrogens (tertiary/aromatic N) is 4. The van der Waals surface area contributed by atoms with E-state index in [-0.39, 0.29) is 18.1 Å². The fraction of sp³-hybridized carbons (Fsp3) is 0.235. The minimum atomic E-state index is -0.541. The number of nitrogens with two attached hydrogens (primary N) is 1. The average molecular weight is 327 g/mol. The van der Waals surface area contributed by atoms with Gasteiger partial charge in [0.05, 0.1) is 12.6 Å². The van der Waals surface area contributed by atoms with Crippen LogP contribution in [0.4, 0.5) is 10.1 Å². The van der Waals surface area contributed by atoms with Crippen LogP contribution in [0.25, 0.3) is 0 Å². The molecule has 0 bridgehead atoms. The van der Waals surface area contributed by atoms with Crippen molar-refractivity contribution >= 4 is 5.69 Å².